The fourth-order valence-electron chi connectivity index (χ4n) is 1.43. The van der Waals surface area contributed by atoms with Crippen LogP contribution in [0.4, 0.5) is 5.69 Å². The number of carbonyl (C=O) groups is 1. The number of nitro benzene ring substituents is 1. The minimum atomic E-state index is -0.717. The largest absolute Gasteiger partial charge is 0.502 e. The third-order valence-electron chi connectivity index (χ3n) is 2.41. The van der Waals surface area contributed by atoms with E-state index >= 15 is 0 Å². The molecule has 1 aromatic carbocycles. The van der Waals surface area contributed by atoms with E-state index in [9.17, 15) is 20.0 Å². The first kappa shape index (κ1) is 14.1. The highest BCUT2D eigenvalue weighted by molar-refractivity contribution is 5.93. The molecule has 21 heavy (non-hydrogen) atoms. The molecular weight excluding hydrogens is 278 g/mol. The molecule has 0 radical (unpaired) electrons. The lowest BCUT2D eigenvalue weighted by atomic mass is 10.2. The Bertz CT molecular complexity index is 702. The fourth-order valence-corrected chi connectivity index (χ4v) is 1.43. The molecule has 106 valence electrons. The second-order valence-corrected chi connectivity index (χ2v) is 3.76. The average Bonchev–Trinajstić information content (AvgIpc) is 2.49. The molecule has 0 aliphatic heterocycles. The second-order valence-electron chi connectivity index (χ2n) is 3.76. The Morgan fingerprint density at radius 1 is 1.43 bits per heavy atom. The molecule has 1 amide bonds. The Labute approximate surface area is 118 Å². The van der Waals surface area contributed by atoms with Crippen LogP contribution in [0.25, 0.3) is 0 Å². The van der Waals surface area contributed by atoms with Crippen molar-refractivity contribution in [1.82, 2.24) is 15.4 Å². The van der Waals surface area contributed by atoms with E-state index in [1.807, 2.05) is 0 Å². The molecule has 9 nitrogen and oxygen atoms in total. The summed E-state index contributed by atoms with van der Waals surface area (Å²) in [6, 6.07) is 3.97. The highest BCUT2D eigenvalue weighted by atomic mass is 16.6. The van der Waals surface area contributed by atoms with Crippen molar-refractivity contribution in [1.29, 1.82) is 0 Å². The van der Waals surface area contributed by atoms with Crippen LogP contribution in [0.15, 0.2) is 41.9 Å². The molecule has 2 aromatic rings. The zero-order valence-electron chi connectivity index (χ0n) is 10.5. The first-order valence-electron chi connectivity index (χ1n) is 5.65. The summed E-state index contributed by atoms with van der Waals surface area (Å²) in [6.45, 7) is 0. The smallest absolute Gasteiger partial charge is 0.311 e. The number of amides is 1. The van der Waals surface area contributed by atoms with E-state index in [-0.39, 0.29) is 11.3 Å². The zero-order chi connectivity index (χ0) is 15.2. The Morgan fingerprint density at radius 2 is 2.24 bits per heavy atom. The van der Waals surface area contributed by atoms with Crippen LogP contribution in [0.5, 0.6) is 5.75 Å². The molecule has 0 atom stereocenters. The van der Waals surface area contributed by atoms with E-state index < -0.39 is 22.3 Å². The summed E-state index contributed by atoms with van der Waals surface area (Å²) in [4.78, 5) is 29.0. The standard InChI is InChI=1S/C12H9N5O4/c18-11-8(2-1-3-10(11)17(20)21)6-15-16-12(19)9-7-13-4-5-14-9/h1-7,18H,(H,16,19). The number of nitro groups is 1. The summed E-state index contributed by atoms with van der Waals surface area (Å²) in [6.07, 6.45) is 5.12. The third kappa shape index (κ3) is 3.35. The molecule has 9 heteroatoms. The molecule has 0 saturated heterocycles. The predicted molar refractivity (Wildman–Crippen MR) is 71.9 cm³/mol. The number of hydrazone groups is 1. The van der Waals surface area contributed by atoms with E-state index in [0.717, 1.165) is 12.3 Å². The SMILES string of the molecule is O=C(NN=Cc1cccc([N+](=O)[O-])c1O)c1cnccn1. The van der Waals surface area contributed by atoms with Crippen molar-refractivity contribution in [3.05, 3.63) is 58.2 Å². The molecule has 1 heterocycles. The maximum atomic E-state index is 11.6. The summed E-state index contributed by atoms with van der Waals surface area (Å²) in [5.41, 5.74) is 1.89. The molecule has 0 saturated carbocycles. The normalized spacial score (nSPS) is 10.5. The second kappa shape index (κ2) is 6.19. The van der Waals surface area contributed by atoms with Crippen LogP contribution in [0.1, 0.15) is 16.1 Å². The molecule has 1 aromatic heterocycles. The van der Waals surface area contributed by atoms with Gasteiger partial charge in [0.05, 0.1) is 17.3 Å². The highest BCUT2D eigenvalue weighted by Crippen LogP contribution is 2.27. The zero-order valence-corrected chi connectivity index (χ0v) is 10.5. The molecule has 0 aliphatic rings. The quantitative estimate of drug-likeness (QED) is 0.487. The van der Waals surface area contributed by atoms with Crippen LogP contribution in [-0.4, -0.2) is 32.1 Å². The molecule has 0 fully saturated rings. The Balaban J connectivity index is 2.10. The lowest BCUT2D eigenvalue weighted by Gasteiger charge is -2.00. The van der Waals surface area contributed by atoms with E-state index in [4.69, 9.17) is 0 Å². The molecule has 0 aliphatic carbocycles. The molecule has 0 bridgehead atoms. The van der Waals surface area contributed by atoms with Crippen molar-refractivity contribution >= 4 is 17.8 Å². The topological polar surface area (TPSA) is 131 Å². The summed E-state index contributed by atoms with van der Waals surface area (Å²) >= 11 is 0. The van der Waals surface area contributed by atoms with Crippen molar-refractivity contribution in [2.45, 2.75) is 0 Å². The number of phenolic OH excluding ortho intramolecular Hbond substituents is 1. The summed E-state index contributed by atoms with van der Waals surface area (Å²) in [5, 5.41) is 23.9. The maximum absolute atomic E-state index is 11.6. The number of aromatic hydroxyl groups is 1. The molecule has 0 unspecified atom stereocenters. The number of carbonyl (C=O) groups excluding carboxylic acids is 1. The lowest BCUT2D eigenvalue weighted by Crippen LogP contribution is -2.19. The number of para-hydroxylation sites is 1. The minimum Gasteiger partial charge on any atom is -0.502 e. The average molecular weight is 287 g/mol. The highest BCUT2D eigenvalue weighted by Gasteiger charge is 2.15. The minimum absolute atomic E-state index is 0.0675. The number of nitrogens with one attached hydrogen (secondary N) is 1. The first-order valence-corrected chi connectivity index (χ1v) is 5.65. The van der Waals surface area contributed by atoms with Gasteiger partial charge in [0, 0.05) is 24.0 Å². The lowest BCUT2D eigenvalue weighted by molar-refractivity contribution is -0.385. The number of rotatable bonds is 4. The maximum Gasteiger partial charge on any atom is 0.311 e. The monoisotopic (exact) mass is 287 g/mol. The van der Waals surface area contributed by atoms with Gasteiger partial charge in [0.1, 0.15) is 5.69 Å². The summed E-state index contributed by atoms with van der Waals surface area (Å²) in [5.74, 6) is -1.12. The molecule has 2 N–H and O–H groups in total. The summed E-state index contributed by atoms with van der Waals surface area (Å²) in [7, 11) is 0. The predicted octanol–water partition coefficient (Wildman–Crippen LogP) is 0.854. The van der Waals surface area contributed by atoms with Crippen LogP contribution < -0.4 is 5.43 Å². The Kier molecular flexibility index (Phi) is 4.14. The number of hydrogen-bond acceptors (Lipinski definition) is 7. The number of benzene rings is 1. The molecule has 0 spiro atoms. The van der Waals surface area contributed by atoms with E-state index in [0.29, 0.717) is 0 Å². The van der Waals surface area contributed by atoms with Crippen molar-refractivity contribution in [2.75, 3.05) is 0 Å². The van der Waals surface area contributed by atoms with Crippen molar-refractivity contribution < 1.29 is 14.8 Å². The van der Waals surface area contributed by atoms with Crippen LogP contribution >= 0.6 is 0 Å². The van der Waals surface area contributed by atoms with Gasteiger partial charge in [-0.25, -0.2) is 10.4 Å². The van der Waals surface area contributed by atoms with Gasteiger partial charge < -0.3 is 5.11 Å². The van der Waals surface area contributed by atoms with Gasteiger partial charge in [-0.05, 0) is 6.07 Å². The molecular formula is C12H9N5O4. The van der Waals surface area contributed by atoms with E-state index in [1.54, 1.807) is 0 Å². The van der Waals surface area contributed by atoms with Crippen LogP contribution in [0.2, 0.25) is 0 Å². The number of nitrogens with zero attached hydrogens (tertiary/aromatic N) is 4. The van der Waals surface area contributed by atoms with E-state index in [2.05, 4.69) is 20.5 Å². The van der Waals surface area contributed by atoms with Crippen molar-refractivity contribution in [3.63, 3.8) is 0 Å². The van der Waals surface area contributed by atoms with Gasteiger partial charge >= 0.3 is 5.69 Å². The van der Waals surface area contributed by atoms with Gasteiger partial charge in [-0.15, -0.1) is 0 Å². The first-order chi connectivity index (χ1) is 10.1. The van der Waals surface area contributed by atoms with Gasteiger partial charge in [-0.1, -0.05) is 6.07 Å². The Hall–Kier alpha value is -3.36. The van der Waals surface area contributed by atoms with Crippen LogP contribution in [-0.2, 0) is 0 Å². The third-order valence-corrected chi connectivity index (χ3v) is 2.41. The van der Waals surface area contributed by atoms with Crippen molar-refractivity contribution in [3.8, 4) is 5.75 Å². The number of phenols is 1. The number of hydrogen-bond donors (Lipinski definition) is 2. The van der Waals surface area contributed by atoms with E-state index in [1.165, 1.54) is 30.7 Å². The summed E-state index contributed by atoms with van der Waals surface area (Å²) < 4.78 is 0. The number of aromatic nitrogens is 2. The van der Waals surface area contributed by atoms with Crippen molar-refractivity contribution in [2.24, 2.45) is 5.10 Å². The Morgan fingerprint density at radius 3 is 2.90 bits per heavy atom. The molecule has 2 rings (SSSR count). The van der Waals surface area contributed by atoms with Gasteiger partial charge in [0.2, 0.25) is 5.75 Å². The van der Waals surface area contributed by atoms with Gasteiger partial charge in [0.15, 0.2) is 0 Å². The van der Waals surface area contributed by atoms with Crippen LogP contribution in [0.3, 0.4) is 0 Å². The fraction of sp³-hybridized carbons (Fsp3) is 0. The van der Waals surface area contributed by atoms with Crippen LogP contribution in [0, 0.1) is 10.1 Å². The van der Waals surface area contributed by atoms with Gasteiger partial charge in [0.25, 0.3) is 5.91 Å². The van der Waals surface area contributed by atoms with Gasteiger partial charge in [-0.2, -0.15) is 5.10 Å². The van der Waals surface area contributed by atoms with Gasteiger partial charge in [-0.3, -0.25) is 19.9 Å².